The molecule has 0 saturated heterocycles. The number of hydrogen-bond acceptors (Lipinski definition) is 2. The minimum absolute atomic E-state index is 0.0114. The number of amides is 2. The molecule has 0 bridgehead atoms. The van der Waals surface area contributed by atoms with E-state index in [1.165, 1.54) is 0 Å². The summed E-state index contributed by atoms with van der Waals surface area (Å²) in [7, 11) is 0. The second kappa shape index (κ2) is 10.1. The molecule has 1 unspecified atom stereocenters. The molecule has 178 valence electrons. The SMILES string of the molecule is CCCCN(CC(=O)N1c2ccccc2-n2cccc2C1c1ccccc1)C(=O)C(C)(C)CCl. The molecule has 1 aliphatic rings. The summed E-state index contributed by atoms with van der Waals surface area (Å²) < 4.78 is 2.15. The van der Waals surface area contributed by atoms with E-state index in [1.54, 1.807) is 4.90 Å². The summed E-state index contributed by atoms with van der Waals surface area (Å²) in [6.45, 7) is 6.29. The molecule has 2 amide bonds. The van der Waals surface area contributed by atoms with Crippen molar-refractivity contribution in [2.45, 2.75) is 39.7 Å². The van der Waals surface area contributed by atoms with Crippen LogP contribution in [-0.2, 0) is 9.59 Å². The smallest absolute Gasteiger partial charge is 0.247 e. The van der Waals surface area contributed by atoms with Crippen LogP contribution in [0.1, 0.15) is 50.9 Å². The molecule has 6 heteroatoms. The van der Waals surface area contributed by atoms with Crippen LogP contribution in [0.3, 0.4) is 0 Å². The lowest BCUT2D eigenvalue weighted by molar-refractivity contribution is -0.142. The molecule has 5 nitrogen and oxygen atoms in total. The van der Waals surface area contributed by atoms with Gasteiger partial charge in [-0.2, -0.15) is 0 Å². The minimum Gasteiger partial charge on any atom is -0.333 e. The van der Waals surface area contributed by atoms with Crippen molar-refractivity contribution in [2.24, 2.45) is 5.41 Å². The summed E-state index contributed by atoms with van der Waals surface area (Å²) in [4.78, 5) is 30.9. The maximum Gasteiger partial charge on any atom is 0.247 e. The summed E-state index contributed by atoms with van der Waals surface area (Å²) in [5.74, 6) is 0.00725. The maximum atomic E-state index is 14.1. The van der Waals surface area contributed by atoms with Crippen LogP contribution in [0.2, 0.25) is 0 Å². The van der Waals surface area contributed by atoms with Crippen LogP contribution in [-0.4, -0.2) is 40.3 Å². The summed E-state index contributed by atoms with van der Waals surface area (Å²) in [6.07, 6.45) is 3.80. The van der Waals surface area contributed by atoms with Crippen LogP contribution in [0, 0.1) is 5.41 Å². The van der Waals surface area contributed by atoms with Crippen LogP contribution >= 0.6 is 11.6 Å². The molecule has 3 aromatic rings. The van der Waals surface area contributed by atoms with Gasteiger partial charge in [0.25, 0.3) is 0 Å². The van der Waals surface area contributed by atoms with Crippen molar-refractivity contribution in [1.29, 1.82) is 0 Å². The number of nitrogens with zero attached hydrogens (tertiary/aromatic N) is 3. The Labute approximate surface area is 206 Å². The number of para-hydroxylation sites is 2. The average Bonchev–Trinajstić information content (AvgIpc) is 3.35. The van der Waals surface area contributed by atoms with Gasteiger partial charge in [0.05, 0.1) is 22.5 Å². The van der Waals surface area contributed by atoms with Gasteiger partial charge in [-0.15, -0.1) is 11.6 Å². The zero-order chi connectivity index (χ0) is 24.3. The van der Waals surface area contributed by atoms with E-state index >= 15 is 0 Å². The molecule has 0 aliphatic carbocycles. The molecule has 2 heterocycles. The van der Waals surface area contributed by atoms with Crippen LogP contribution in [0.15, 0.2) is 72.9 Å². The summed E-state index contributed by atoms with van der Waals surface area (Å²) in [5, 5.41) is 0. The number of halogens is 1. The number of hydrogen-bond donors (Lipinski definition) is 0. The zero-order valence-electron chi connectivity index (χ0n) is 20.1. The van der Waals surface area contributed by atoms with E-state index in [2.05, 4.69) is 17.6 Å². The van der Waals surface area contributed by atoms with Crippen molar-refractivity contribution in [3.63, 3.8) is 0 Å². The first kappa shape index (κ1) is 24.1. The molecule has 4 rings (SSSR count). The van der Waals surface area contributed by atoms with Crippen molar-refractivity contribution in [3.05, 3.63) is 84.2 Å². The lowest BCUT2D eigenvalue weighted by Gasteiger charge is -2.40. The Morgan fingerprint density at radius 1 is 0.971 bits per heavy atom. The van der Waals surface area contributed by atoms with Gasteiger partial charge in [0, 0.05) is 18.6 Å². The number of fused-ring (bicyclic) bond motifs is 3. The number of carbonyl (C=O) groups is 2. The Balaban J connectivity index is 1.77. The van der Waals surface area contributed by atoms with Gasteiger partial charge in [0.1, 0.15) is 12.6 Å². The number of anilines is 1. The van der Waals surface area contributed by atoms with E-state index < -0.39 is 5.41 Å². The third-order valence-electron chi connectivity index (χ3n) is 6.41. The third kappa shape index (κ3) is 4.49. The van der Waals surface area contributed by atoms with Gasteiger partial charge in [0.15, 0.2) is 0 Å². The first-order chi connectivity index (χ1) is 16.4. The Bertz CT molecular complexity index is 1160. The highest BCUT2D eigenvalue weighted by atomic mass is 35.5. The first-order valence-electron chi connectivity index (χ1n) is 11.9. The van der Waals surface area contributed by atoms with Gasteiger partial charge >= 0.3 is 0 Å². The van der Waals surface area contributed by atoms with Gasteiger partial charge in [0.2, 0.25) is 11.8 Å². The Hall–Kier alpha value is -3.05. The fraction of sp³-hybridized carbons (Fsp3) is 0.357. The zero-order valence-corrected chi connectivity index (χ0v) is 20.8. The molecule has 0 N–H and O–H groups in total. The molecular formula is C28H32ClN3O2. The molecule has 2 aromatic carbocycles. The number of rotatable bonds is 8. The lowest BCUT2D eigenvalue weighted by Crippen LogP contribution is -2.50. The van der Waals surface area contributed by atoms with Gasteiger partial charge < -0.3 is 9.47 Å². The highest BCUT2D eigenvalue weighted by Gasteiger charge is 2.38. The van der Waals surface area contributed by atoms with Crippen molar-refractivity contribution in [3.8, 4) is 5.69 Å². The van der Waals surface area contributed by atoms with Crippen LogP contribution in [0.25, 0.3) is 5.69 Å². The Morgan fingerprint density at radius 2 is 1.65 bits per heavy atom. The van der Waals surface area contributed by atoms with Crippen molar-refractivity contribution >= 4 is 29.1 Å². The molecule has 0 saturated carbocycles. The maximum absolute atomic E-state index is 14.1. The minimum atomic E-state index is -0.733. The van der Waals surface area contributed by atoms with E-state index in [4.69, 9.17) is 11.6 Å². The van der Waals surface area contributed by atoms with E-state index in [0.29, 0.717) is 6.54 Å². The monoisotopic (exact) mass is 477 g/mol. The van der Waals surface area contributed by atoms with Crippen molar-refractivity contribution < 1.29 is 9.59 Å². The molecule has 1 atom stereocenters. The normalized spacial score (nSPS) is 14.9. The topological polar surface area (TPSA) is 45.6 Å². The largest absolute Gasteiger partial charge is 0.333 e. The summed E-state index contributed by atoms with van der Waals surface area (Å²) in [6, 6.07) is 21.8. The number of carbonyl (C=O) groups excluding carboxylic acids is 2. The van der Waals surface area contributed by atoms with Gasteiger partial charge in [-0.1, -0.05) is 55.8 Å². The molecule has 0 radical (unpaired) electrons. The third-order valence-corrected chi connectivity index (χ3v) is 7.08. The quantitative estimate of drug-likeness (QED) is 0.384. The fourth-order valence-corrected chi connectivity index (χ4v) is 4.65. The molecule has 34 heavy (non-hydrogen) atoms. The molecule has 1 aromatic heterocycles. The van der Waals surface area contributed by atoms with E-state index in [-0.39, 0.29) is 30.3 Å². The predicted molar refractivity (Wildman–Crippen MR) is 138 cm³/mol. The van der Waals surface area contributed by atoms with E-state index in [9.17, 15) is 9.59 Å². The predicted octanol–water partition coefficient (Wildman–Crippen LogP) is 5.81. The Kier molecular flexibility index (Phi) is 7.13. The second-order valence-electron chi connectivity index (χ2n) is 9.47. The fourth-order valence-electron chi connectivity index (χ4n) is 4.54. The highest BCUT2D eigenvalue weighted by molar-refractivity contribution is 6.20. The first-order valence-corrected chi connectivity index (χ1v) is 12.4. The standard InChI is InChI=1S/C28H32ClN3O2/c1-4-5-17-30(27(34)28(2,3)20-29)19-25(33)32-23-15-10-9-14-22(23)31-18-11-16-24(31)26(32)21-12-7-6-8-13-21/h6-16,18,26H,4-5,17,19-20H2,1-3H3. The van der Waals surface area contributed by atoms with Crippen LogP contribution in [0.5, 0.6) is 0 Å². The number of aromatic nitrogens is 1. The number of benzene rings is 2. The number of alkyl halides is 1. The number of unbranched alkanes of at least 4 members (excludes halogenated alkanes) is 1. The lowest BCUT2D eigenvalue weighted by atomic mass is 9.94. The summed E-state index contributed by atoms with van der Waals surface area (Å²) >= 11 is 6.12. The van der Waals surface area contributed by atoms with Crippen molar-refractivity contribution in [1.82, 2.24) is 9.47 Å². The van der Waals surface area contributed by atoms with Crippen LogP contribution < -0.4 is 4.90 Å². The molecular weight excluding hydrogens is 446 g/mol. The second-order valence-corrected chi connectivity index (χ2v) is 9.73. The van der Waals surface area contributed by atoms with Gasteiger partial charge in [-0.3, -0.25) is 14.5 Å². The molecule has 0 spiro atoms. The van der Waals surface area contributed by atoms with Gasteiger partial charge in [-0.25, -0.2) is 0 Å². The van der Waals surface area contributed by atoms with Crippen LogP contribution in [0.4, 0.5) is 5.69 Å². The van der Waals surface area contributed by atoms with E-state index in [0.717, 1.165) is 35.5 Å². The Morgan fingerprint density at radius 3 is 2.32 bits per heavy atom. The summed E-state index contributed by atoms with van der Waals surface area (Å²) in [5.41, 5.74) is 3.10. The van der Waals surface area contributed by atoms with Crippen molar-refractivity contribution in [2.75, 3.05) is 23.9 Å². The van der Waals surface area contributed by atoms with E-state index in [1.807, 2.05) is 85.6 Å². The van der Waals surface area contributed by atoms with Gasteiger partial charge in [-0.05, 0) is 50.1 Å². The average molecular weight is 478 g/mol. The highest BCUT2D eigenvalue weighted by Crippen LogP contribution is 2.42. The molecule has 1 aliphatic heterocycles. The molecule has 0 fully saturated rings.